The Bertz CT molecular complexity index is 646. The Labute approximate surface area is 115 Å². The Hall–Kier alpha value is -2.30. The van der Waals surface area contributed by atoms with E-state index >= 15 is 0 Å². The van der Waals surface area contributed by atoms with E-state index in [2.05, 4.69) is 0 Å². The number of nitrogens with zero attached hydrogens (tertiary/aromatic N) is 1. The summed E-state index contributed by atoms with van der Waals surface area (Å²) in [6.45, 7) is 1.15. The van der Waals surface area contributed by atoms with Crippen LogP contribution in [0.15, 0.2) is 36.4 Å². The number of nitrogens with two attached hydrogens (primary N) is 1. The first-order valence-corrected chi connectivity index (χ1v) is 6.40. The molecule has 1 aliphatic heterocycles. The van der Waals surface area contributed by atoms with Gasteiger partial charge in [0, 0.05) is 12.6 Å². The van der Waals surface area contributed by atoms with Crippen molar-refractivity contribution in [3.63, 3.8) is 0 Å². The zero-order chi connectivity index (χ0) is 14.1. The van der Waals surface area contributed by atoms with Crippen molar-refractivity contribution in [1.82, 2.24) is 0 Å². The van der Waals surface area contributed by atoms with Crippen LogP contribution >= 0.6 is 0 Å². The fourth-order valence-electron chi connectivity index (χ4n) is 2.37. The highest BCUT2D eigenvalue weighted by Crippen LogP contribution is 2.39. The SMILES string of the molecule is Nc1c(F)cc(F)cc1N1CCCOc2ccccc21. The quantitative estimate of drug-likeness (QED) is 0.810. The minimum absolute atomic E-state index is 0.0527. The van der Waals surface area contributed by atoms with Gasteiger partial charge < -0.3 is 15.4 Å². The van der Waals surface area contributed by atoms with Crippen molar-refractivity contribution in [2.24, 2.45) is 0 Å². The zero-order valence-corrected chi connectivity index (χ0v) is 10.8. The number of fused-ring (bicyclic) bond motifs is 1. The number of halogens is 2. The summed E-state index contributed by atoms with van der Waals surface area (Å²) in [5.41, 5.74) is 6.81. The van der Waals surface area contributed by atoms with Crippen molar-refractivity contribution in [2.45, 2.75) is 6.42 Å². The van der Waals surface area contributed by atoms with Gasteiger partial charge in [-0.15, -0.1) is 0 Å². The van der Waals surface area contributed by atoms with Gasteiger partial charge >= 0.3 is 0 Å². The van der Waals surface area contributed by atoms with E-state index in [1.165, 1.54) is 6.07 Å². The van der Waals surface area contributed by atoms with Crippen LogP contribution in [-0.2, 0) is 0 Å². The van der Waals surface area contributed by atoms with E-state index in [9.17, 15) is 8.78 Å². The zero-order valence-electron chi connectivity index (χ0n) is 10.8. The van der Waals surface area contributed by atoms with Crippen LogP contribution in [0.25, 0.3) is 0 Å². The second-order valence-corrected chi connectivity index (χ2v) is 4.64. The summed E-state index contributed by atoms with van der Waals surface area (Å²) in [5, 5.41) is 0. The molecule has 1 aliphatic rings. The van der Waals surface area contributed by atoms with Crippen LogP contribution in [0.4, 0.5) is 25.8 Å². The first-order valence-electron chi connectivity index (χ1n) is 6.40. The standard InChI is InChI=1S/C15H14F2N2O/c16-10-8-11(17)15(18)13(9-10)19-6-3-7-20-14-5-2-1-4-12(14)19/h1-2,4-5,8-9H,3,6-7,18H2. The molecule has 0 saturated carbocycles. The molecule has 0 spiro atoms. The molecular weight excluding hydrogens is 262 g/mol. The molecule has 20 heavy (non-hydrogen) atoms. The molecule has 3 nitrogen and oxygen atoms in total. The molecule has 0 radical (unpaired) electrons. The summed E-state index contributed by atoms with van der Waals surface area (Å²) in [6.07, 6.45) is 0.742. The van der Waals surface area contributed by atoms with Crippen molar-refractivity contribution in [1.29, 1.82) is 0 Å². The largest absolute Gasteiger partial charge is 0.491 e. The van der Waals surface area contributed by atoms with Crippen molar-refractivity contribution in [2.75, 3.05) is 23.8 Å². The molecule has 104 valence electrons. The number of rotatable bonds is 1. The summed E-state index contributed by atoms with van der Waals surface area (Å²) < 4.78 is 32.8. The van der Waals surface area contributed by atoms with Gasteiger partial charge in [-0.25, -0.2) is 8.78 Å². The lowest BCUT2D eigenvalue weighted by atomic mass is 10.2. The van der Waals surface area contributed by atoms with Crippen molar-refractivity contribution in [3.8, 4) is 5.75 Å². The van der Waals surface area contributed by atoms with Crippen molar-refractivity contribution >= 4 is 17.1 Å². The number of anilines is 3. The molecule has 2 N–H and O–H groups in total. The third-order valence-electron chi connectivity index (χ3n) is 3.30. The van der Waals surface area contributed by atoms with Gasteiger partial charge in [-0.2, -0.15) is 0 Å². The molecule has 0 aromatic heterocycles. The molecule has 0 fully saturated rings. The predicted octanol–water partition coefficient (Wildman–Crippen LogP) is 3.47. The average molecular weight is 276 g/mol. The van der Waals surface area contributed by atoms with E-state index in [1.807, 2.05) is 24.3 Å². The van der Waals surface area contributed by atoms with Gasteiger partial charge in [-0.3, -0.25) is 0 Å². The van der Waals surface area contributed by atoms with Gasteiger partial charge in [-0.1, -0.05) is 12.1 Å². The van der Waals surface area contributed by atoms with E-state index in [1.54, 1.807) is 4.90 Å². The van der Waals surface area contributed by atoms with Crippen LogP contribution in [0, 0.1) is 11.6 Å². The summed E-state index contributed by atoms with van der Waals surface area (Å²) in [4.78, 5) is 1.80. The highest BCUT2D eigenvalue weighted by Gasteiger charge is 2.21. The Balaban J connectivity index is 2.15. The highest BCUT2D eigenvalue weighted by molar-refractivity contribution is 5.78. The lowest BCUT2D eigenvalue weighted by molar-refractivity contribution is 0.322. The molecule has 2 aromatic rings. The highest BCUT2D eigenvalue weighted by atomic mass is 19.1. The molecule has 3 rings (SSSR count). The lowest BCUT2D eigenvalue weighted by Gasteiger charge is -2.25. The normalized spacial score (nSPS) is 14.4. The third-order valence-corrected chi connectivity index (χ3v) is 3.30. The molecule has 1 heterocycles. The van der Waals surface area contributed by atoms with Gasteiger partial charge in [0.05, 0.1) is 23.7 Å². The second-order valence-electron chi connectivity index (χ2n) is 4.64. The van der Waals surface area contributed by atoms with Gasteiger partial charge in [0.1, 0.15) is 11.6 Å². The van der Waals surface area contributed by atoms with Crippen LogP contribution in [-0.4, -0.2) is 13.2 Å². The molecule has 0 aliphatic carbocycles. The number of hydrogen-bond donors (Lipinski definition) is 1. The maximum absolute atomic E-state index is 13.6. The Morgan fingerprint density at radius 2 is 1.90 bits per heavy atom. The lowest BCUT2D eigenvalue weighted by Crippen LogP contribution is -2.19. The maximum Gasteiger partial charge on any atom is 0.151 e. The number of ether oxygens (including phenoxy) is 1. The predicted molar refractivity (Wildman–Crippen MR) is 74.3 cm³/mol. The Morgan fingerprint density at radius 3 is 2.75 bits per heavy atom. The van der Waals surface area contributed by atoms with E-state index in [4.69, 9.17) is 10.5 Å². The van der Waals surface area contributed by atoms with Crippen LogP contribution in [0.3, 0.4) is 0 Å². The topological polar surface area (TPSA) is 38.5 Å². The number of benzene rings is 2. The first kappa shape index (κ1) is 12.7. The Kier molecular flexibility index (Phi) is 3.18. The summed E-state index contributed by atoms with van der Waals surface area (Å²) in [6, 6.07) is 9.44. The number of hydrogen-bond acceptors (Lipinski definition) is 3. The van der Waals surface area contributed by atoms with Crippen LogP contribution in [0.5, 0.6) is 5.75 Å². The van der Waals surface area contributed by atoms with Crippen LogP contribution in [0.1, 0.15) is 6.42 Å². The molecule has 0 saturated heterocycles. The molecule has 5 heteroatoms. The fourth-order valence-corrected chi connectivity index (χ4v) is 2.37. The second kappa shape index (κ2) is 5.00. The van der Waals surface area contributed by atoms with Gasteiger partial charge in [0.15, 0.2) is 5.82 Å². The number of para-hydroxylation sites is 2. The molecule has 2 aromatic carbocycles. The minimum Gasteiger partial charge on any atom is -0.491 e. The molecule has 0 bridgehead atoms. The van der Waals surface area contributed by atoms with E-state index in [0.717, 1.165) is 18.2 Å². The molecule has 0 atom stereocenters. The van der Waals surface area contributed by atoms with Gasteiger partial charge in [-0.05, 0) is 24.6 Å². The monoisotopic (exact) mass is 276 g/mol. The van der Waals surface area contributed by atoms with Crippen molar-refractivity contribution in [3.05, 3.63) is 48.0 Å². The molecular formula is C15H14F2N2O. The van der Waals surface area contributed by atoms with Gasteiger partial charge in [0.25, 0.3) is 0 Å². The Morgan fingerprint density at radius 1 is 1.10 bits per heavy atom. The molecule has 0 unspecified atom stereocenters. The fraction of sp³-hybridized carbons (Fsp3) is 0.200. The average Bonchev–Trinajstić information content (AvgIpc) is 2.65. The summed E-state index contributed by atoms with van der Waals surface area (Å²) >= 11 is 0. The summed E-state index contributed by atoms with van der Waals surface area (Å²) in [7, 11) is 0. The van der Waals surface area contributed by atoms with Crippen LogP contribution < -0.4 is 15.4 Å². The first-order chi connectivity index (χ1) is 9.66. The van der Waals surface area contributed by atoms with E-state index in [-0.39, 0.29) is 5.69 Å². The van der Waals surface area contributed by atoms with E-state index < -0.39 is 11.6 Å². The third kappa shape index (κ3) is 2.15. The van der Waals surface area contributed by atoms with Gasteiger partial charge in [0.2, 0.25) is 0 Å². The van der Waals surface area contributed by atoms with Crippen LogP contribution in [0.2, 0.25) is 0 Å². The smallest absolute Gasteiger partial charge is 0.151 e. The minimum atomic E-state index is -0.748. The summed E-state index contributed by atoms with van der Waals surface area (Å²) in [5.74, 6) is -0.703. The van der Waals surface area contributed by atoms with Crippen molar-refractivity contribution < 1.29 is 13.5 Å². The van der Waals surface area contributed by atoms with E-state index in [0.29, 0.717) is 24.6 Å². The molecule has 0 amide bonds. The number of nitrogen functional groups attached to an aromatic ring is 1. The maximum atomic E-state index is 13.6.